The molecule has 1 amide bonds. The Kier molecular flexibility index (Phi) is 13.4. The highest BCUT2D eigenvalue weighted by Crippen LogP contribution is 2.38. The maximum absolute atomic E-state index is 14.9. The molecule has 5 aliphatic rings. The Bertz CT molecular complexity index is 1720. The molecule has 0 saturated carbocycles. The molecule has 0 unspecified atom stereocenters. The Morgan fingerprint density at radius 1 is 1.29 bits per heavy atom. The number of ether oxygens (including phenoxy) is 5. The number of aliphatic imine (C=N–C) groups is 1. The van der Waals surface area contributed by atoms with Crippen LogP contribution in [0.2, 0.25) is 0 Å². The van der Waals surface area contributed by atoms with Gasteiger partial charge in [-0.25, -0.2) is 9.37 Å². The van der Waals surface area contributed by atoms with Crippen LogP contribution >= 0.6 is 0 Å². The molecule has 11 heteroatoms. The Balaban J connectivity index is 0.000000543. The van der Waals surface area contributed by atoms with Crippen molar-refractivity contribution in [1.29, 1.82) is 0 Å². The van der Waals surface area contributed by atoms with E-state index in [1.165, 1.54) is 12.5 Å². The van der Waals surface area contributed by atoms with Gasteiger partial charge in [0.2, 0.25) is 5.91 Å². The van der Waals surface area contributed by atoms with Gasteiger partial charge in [0, 0.05) is 63.4 Å². The lowest BCUT2D eigenvalue weighted by molar-refractivity contribution is -0.195. The zero-order valence-electron chi connectivity index (χ0n) is 27.9. The Labute approximate surface area is 289 Å². The van der Waals surface area contributed by atoms with Crippen LogP contribution in [-0.4, -0.2) is 80.2 Å². The van der Waals surface area contributed by atoms with E-state index in [1.54, 1.807) is 31.7 Å². The number of hydrogen-bond acceptors (Lipinski definition) is 8. The van der Waals surface area contributed by atoms with Gasteiger partial charge in [-0.05, 0) is 37.5 Å². The first kappa shape index (κ1) is 37.2. The number of fused-ring (bicyclic) bond motifs is 2. The summed E-state index contributed by atoms with van der Waals surface area (Å²) in [5.41, 5.74) is 9.53. The second kappa shape index (κ2) is 17.7. The molecular weight excluding hydrogens is 627 g/mol. The average molecular weight is 677 g/mol. The van der Waals surface area contributed by atoms with E-state index in [1.807, 2.05) is 24.0 Å². The summed E-state index contributed by atoms with van der Waals surface area (Å²) in [4.78, 5) is 26.1. The number of rotatable bonds is 8. The molecule has 49 heavy (non-hydrogen) atoms. The molecule has 2 aromatic heterocycles. The lowest BCUT2D eigenvalue weighted by Crippen LogP contribution is -2.67. The van der Waals surface area contributed by atoms with Crippen LogP contribution in [-0.2, 0) is 23.7 Å². The van der Waals surface area contributed by atoms with E-state index in [4.69, 9.17) is 18.9 Å². The molecule has 1 aliphatic carbocycles. The van der Waals surface area contributed by atoms with E-state index in [0.29, 0.717) is 54.8 Å². The highest BCUT2D eigenvalue weighted by atomic mass is 19.1. The first-order chi connectivity index (χ1) is 23.3. The monoisotopic (exact) mass is 676 g/mol. The molecule has 6 heterocycles. The fraction of sp³-hybridized carbons (Fsp3) is 0.447. The van der Waals surface area contributed by atoms with Gasteiger partial charge in [-0.15, -0.1) is 5.73 Å². The molecule has 7 rings (SSSR count). The molecule has 3 saturated heterocycles. The van der Waals surface area contributed by atoms with Crippen LogP contribution in [0.5, 0.6) is 5.75 Å². The van der Waals surface area contributed by atoms with Crippen molar-refractivity contribution in [2.45, 2.75) is 47.0 Å². The standard InChI is InChI=1S/C30H29FN4O4.C4H8O.C3H6O.CH4.H2/c1-20-5-2-6-21-13-22(39-26-15-34-29-23(28(26)31)9-11-33-29)7-3-10-32-24(21)14-25(20)38-12-4-8-27(36)35-16-30(17-35)18-37-19-30;1-4-2-5-3-4;1-3-4-2;;/h2-3,9-11,14-15H,4-5,8,12-13,16-19H2,1H3,(H,33,34);4H,2-3H2,1H3;3H,1H2,2H3;1H4;1H/b24-14+,25-20+,32-10?;;;;. The van der Waals surface area contributed by atoms with Crippen molar-refractivity contribution in [3.8, 4) is 5.75 Å². The van der Waals surface area contributed by atoms with Crippen molar-refractivity contribution < 1.29 is 34.3 Å². The van der Waals surface area contributed by atoms with Gasteiger partial charge in [-0.2, -0.15) is 0 Å². The van der Waals surface area contributed by atoms with Crippen molar-refractivity contribution in [3.63, 3.8) is 0 Å². The first-order valence-corrected chi connectivity index (χ1v) is 16.1. The van der Waals surface area contributed by atoms with Crippen molar-refractivity contribution in [2.24, 2.45) is 16.3 Å². The normalized spacial score (nSPS) is 21.2. The molecule has 3 fully saturated rings. The summed E-state index contributed by atoms with van der Waals surface area (Å²) in [7, 11) is 1.56. The third kappa shape index (κ3) is 9.71. The summed E-state index contributed by atoms with van der Waals surface area (Å²) in [6.45, 7) is 13.0. The van der Waals surface area contributed by atoms with Crippen molar-refractivity contribution in [3.05, 3.63) is 95.2 Å². The first-order valence-electron chi connectivity index (χ1n) is 16.1. The number of methoxy groups -OCH3 is 1. The van der Waals surface area contributed by atoms with E-state index in [9.17, 15) is 9.18 Å². The van der Waals surface area contributed by atoms with Crippen LogP contribution in [0, 0.1) is 17.2 Å². The predicted molar refractivity (Wildman–Crippen MR) is 189 cm³/mol. The van der Waals surface area contributed by atoms with E-state index in [0.717, 1.165) is 62.3 Å². The molecule has 2 aromatic rings. The van der Waals surface area contributed by atoms with Crippen LogP contribution in [0.4, 0.5) is 4.39 Å². The summed E-state index contributed by atoms with van der Waals surface area (Å²) in [6.07, 6.45) is 13.5. The molecule has 4 aliphatic heterocycles. The second-order valence-corrected chi connectivity index (χ2v) is 12.4. The molecule has 0 bridgehead atoms. The number of nitrogens with one attached hydrogen (secondary N) is 1. The van der Waals surface area contributed by atoms with Crippen LogP contribution in [0.3, 0.4) is 0 Å². The van der Waals surface area contributed by atoms with Crippen molar-refractivity contribution in [2.75, 3.05) is 53.2 Å². The number of likely N-dealkylation sites (tertiary alicyclic amines) is 1. The summed E-state index contributed by atoms with van der Waals surface area (Å²) in [5, 5.41) is 0.362. The highest BCUT2D eigenvalue weighted by Gasteiger charge is 2.50. The molecular formula is C38H49FN4O6. The maximum atomic E-state index is 14.9. The number of halogens is 1. The lowest BCUT2D eigenvalue weighted by Gasteiger charge is -2.55. The topological polar surface area (TPSA) is 108 Å². The number of carbonyl (C=O) groups excluding carboxylic acids is 1. The van der Waals surface area contributed by atoms with E-state index in [2.05, 4.69) is 44.7 Å². The SMILES string of the molecule is C.C/C1=C(OCCCC(=O)N2CC3(COC3)C2)/C=C2/N=CC=C=C(Oc3cnc4[nH]ccc4c3F)CC2=C=CC1.C=COC.CC1COC1.[HH]. The summed E-state index contributed by atoms with van der Waals surface area (Å²) in [6, 6.07) is 1.62. The van der Waals surface area contributed by atoms with Crippen molar-refractivity contribution >= 4 is 23.2 Å². The number of aromatic nitrogens is 2. The number of hydrogen-bond donors (Lipinski definition) is 1. The number of allylic oxidation sites excluding steroid dienone is 4. The minimum Gasteiger partial charge on any atom is -0.505 e. The Morgan fingerprint density at radius 3 is 2.69 bits per heavy atom. The zero-order chi connectivity index (χ0) is 33.9. The number of nitrogens with zero attached hydrogens (tertiary/aromatic N) is 3. The van der Waals surface area contributed by atoms with Gasteiger partial charge in [-0.1, -0.05) is 26.7 Å². The van der Waals surface area contributed by atoms with Gasteiger partial charge >= 0.3 is 0 Å². The molecule has 10 nitrogen and oxygen atoms in total. The van der Waals surface area contributed by atoms with E-state index >= 15 is 0 Å². The number of aromatic amines is 1. The second-order valence-electron chi connectivity index (χ2n) is 12.4. The van der Waals surface area contributed by atoms with Gasteiger partial charge in [-0.3, -0.25) is 9.79 Å². The van der Waals surface area contributed by atoms with Crippen LogP contribution in [0.25, 0.3) is 11.0 Å². The molecule has 264 valence electrons. The van der Waals surface area contributed by atoms with Crippen LogP contribution in [0.1, 0.15) is 48.4 Å². The summed E-state index contributed by atoms with van der Waals surface area (Å²) in [5.74, 6) is 1.70. The van der Waals surface area contributed by atoms with E-state index in [-0.39, 0.29) is 25.9 Å². The number of amides is 1. The van der Waals surface area contributed by atoms with Gasteiger partial charge in [0.25, 0.3) is 0 Å². The number of pyridine rings is 1. The van der Waals surface area contributed by atoms with Gasteiger partial charge in [0.15, 0.2) is 17.3 Å². The molecule has 0 aromatic carbocycles. The lowest BCUT2D eigenvalue weighted by atomic mass is 9.78. The van der Waals surface area contributed by atoms with Gasteiger partial charge < -0.3 is 33.6 Å². The largest absolute Gasteiger partial charge is 0.505 e. The Morgan fingerprint density at radius 2 is 2.04 bits per heavy atom. The predicted octanol–water partition coefficient (Wildman–Crippen LogP) is 7.20. The quantitative estimate of drug-likeness (QED) is 0.179. The summed E-state index contributed by atoms with van der Waals surface area (Å²) >= 11 is 0. The smallest absolute Gasteiger partial charge is 0.222 e. The van der Waals surface area contributed by atoms with Crippen LogP contribution < -0.4 is 4.74 Å². The van der Waals surface area contributed by atoms with E-state index < -0.39 is 5.82 Å². The third-order valence-corrected chi connectivity index (χ3v) is 8.26. The fourth-order valence-corrected chi connectivity index (χ4v) is 5.37. The minimum absolute atomic E-state index is 0. The molecule has 1 spiro atoms. The third-order valence-electron chi connectivity index (χ3n) is 8.26. The molecule has 0 radical (unpaired) electrons. The average Bonchev–Trinajstić information content (AvgIpc) is 3.50. The molecule has 0 atom stereocenters. The van der Waals surface area contributed by atoms with Crippen molar-refractivity contribution in [1.82, 2.24) is 14.9 Å². The zero-order valence-corrected chi connectivity index (χ0v) is 27.9. The van der Waals surface area contributed by atoms with Gasteiger partial charge in [0.1, 0.15) is 11.4 Å². The summed E-state index contributed by atoms with van der Waals surface area (Å²) < 4.78 is 41.4. The van der Waals surface area contributed by atoms with Crippen LogP contribution in [0.15, 0.2) is 94.3 Å². The highest BCUT2D eigenvalue weighted by molar-refractivity contribution is 5.78. The number of H-pyrrole nitrogens is 1. The minimum atomic E-state index is -0.484. The molecule has 1 N–H and O–H groups in total. The Hall–Kier alpha value is -4.66. The fourth-order valence-electron chi connectivity index (χ4n) is 5.37. The maximum Gasteiger partial charge on any atom is 0.222 e. The van der Waals surface area contributed by atoms with Gasteiger partial charge in [0.05, 0.1) is 69.1 Å². The number of carbonyl (C=O) groups is 1.